The summed E-state index contributed by atoms with van der Waals surface area (Å²) < 4.78 is 0. The van der Waals surface area contributed by atoms with Gasteiger partial charge in [-0.1, -0.05) is 12.1 Å². The van der Waals surface area contributed by atoms with E-state index in [9.17, 15) is 4.79 Å². The number of amidine groups is 1. The van der Waals surface area contributed by atoms with E-state index in [1.807, 2.05) is 6.26 Å². The molecule has 1 amide bonds. The number of rotatable bonds is 5. The van der Waals surface area contributed by atoms with Gasteiger partial charge in [-0.05, 0) is 6.26 Å². The third-order valence-corrected chi connectivity index (χ3v) is 2.40. The molecule has 0 rings (SSSR count). The van der Waals surface area contributed by atoms with Crippen molar-refractivity contribution in [2.24, 2.45) is 16.8 Å². The molecule has 0 aliphatic heterocycles. The first kappa shape index (κ1) is 13.1. The van der Waals surface area contributed by atoms with Crippen LogP contribution in [0, 0.1) is 5.92 Å². The van der Waals surface area contributed by atoms with E-state index in [4.69, 9.17) is 10.9 Å². The Hall–Kier alpha value is -0.910. The SMILES string of the molecule is CSCC(=O)N(C)CC(C)C(N)=NO. The molecule has 0 bridgehead atoms. The van der Waals surface area contributed by atoms with Gasteiger partial charge in [0.2, 0.25) is 5.91 Å². The smallest absolute Gasteiger partial charge is 0.232 e. The predicted molar refractivity (Wildman–Crippen MR) is 58.6 cm³/mol. The van der Waals surface area contributed by atoms with Crippen LogP contribution in [0.3, 0.4) is 0 Å². The summed E-state index contributed by atoms with van der Waals surface area (Å²) in [5, 5.41) is 11.3. The van der Waals surface area contributed by atoms with Crippen LogP contribution in [0.15, 0.2) is 5.16 Å². The summed E-state index contributed by atoms with van der Waals surface area (Å²) >= 11 is 1.48. The molecule has 0 radical (unpaired) electrons. The second-order valence-electron chi connectivity index (χ2n) is 3.13. The topological polar surface area (TPSA) is 78.9 Å². The molecule has 3 N–H and O–H groups in total. The highest BCUT2D eigenvalue weighted by molar-refractivity contribution is 7.99. The molecule has 0 aliphatic rings. The molecule has 0 spiro atoms. The van der Waals surface area contributed by atoms with Crippen molar-refractivity contribution in [1.82, 2.24) is 4.90 Å². The monoisotopic (exact) mass is 219 g/mol. The molecule has 0 aromatic carbocycles. The maximum atomic E-state index is 11.4. The minimum Gasteiger partial charge on any atom is -0.409 e. The van der Waals surface area contributed by atoms with Crippen molar-refractivity contribution in [3.05, 3.63) is 0 Å². The highest BCUT2D eigenvalue weighted by Gasteiger charge is 2.14. The standard InChI is InChI=1S/C8H17N3O2S/c1-6(8(9)10-13)4-11(2)7(12)5-14-3/h6,13H,4-5H2,1-3H3,(H2,9,10). The van der Waals surface area contributed by atoms with Crippen LogP contribution in [-0.4, -0.2) is 47.5 Å². The highest BCUT2D eigenvalue weighted by atomic mass is 32.2. The Bertz CT molecular complexity index is 221. The Kier molecular flexibility index (Phi) is 6.11. The molecule has 6 heteroatoms. The molecule has 1 unspecified atom stereocenters. The highest BCUT2D eigenvalue weighted by Crippen LogP contribution is 2.01. The van der Waals surface area contributed by atoms with Gasteiger partial charge in [-0.2, -0.15) is 11.8 Å². The Balaban J connectivity index is 4.05. The van der Waals surface area contributed by atoms with Crippen molar-refractivity contribution < 1.29 is 10.0 Å². The Morgan fingerprint density at radius 2 is 2.29 bits per heavy atom. The average Bonchev–Trinajstić information content (AvgIpc) is 2.16. The van der Waals surface area contributed by atoms with Crippen LogP contribution < -0.4 is 5.73 Å². The summed E-state index contributed by atoms with van der Waals surface area (Å²) in [5.74, 6) is 0.527. The minimum absolute atomic E-state index is 0.0510. The number of thioether (sulfide) groups is 1. The van der Waals surface area contributed by atoms with Gasteiger partial charge >= 0.3 is 0 Å². The molecule has 82 valence electrons. The molecule has 0 saturated carbocycles. The molecule has 0 saturated heterocycles. The lowest BCUT2D eigenvalue weighted by Gasteiger charge is -2.20. The van der Waals surface area contributed by atoms with Gasteiger partial charge in [-0.25, -0.2) is 0 Å². The molecule has 0 aromatic heterocycles. The molecular weight excluding hydrogens is 202 g/mol. The van der Waals surface area contributed by atoms with E-state index in [1.165, 1.54) is 11.8 Å². The van der Waals surface area contributed by atoms with Crippen LogP contribution in [0.25, 0.3) is 0 Å². The molecule has 0 aliphatic carbocycles. The van der Waals surface area contributed by atoms with Crippen LogP contribution in [-0.2, 0) is 4.79 Å². The van der Waals surface area contributed by atoms with Gasteiger partial charge in [0.25, 0.3) is 0 Å². The van der Waals surface area contributed by atoms with Gasteiger partial charge in [0.05, 0.1) is 5.75 Å². The van der Waals surface area contributed by atoms with Gasteiger partial charge in [-0.3, -0.25) is 4.79 Å². The van der Waals surface area contributed by atoms with E-state index < -0.39 is 0 Å². The molecule has 0 aromatic rings. The zero-order valence-corrected chi connectivity index (χ0v) is 9.54. The summed E-state index contributed by atoms with van der Waals surface area (Å²) in [7, 11) is 1.71. The van der Waals surface area contributed by atoms with Gasteiger partial charge < -0.3 is 15.8 Å². The summed E-state index contributed by atoms with van der Waals surface area (Å²) in [6, 6.07) is 0. The second-order valence-corrected chi connectivity index (χ2v) is 4.00. The van der Waals surface area contributed by atoms with Crippen LogP contribution >= 0.6 is 11.8 Å². The van der Waals surface area contributed by atoms with Gasteiger partial charge in [0.15, 0.2) is 0 Å². The lowest BCUT2D eigenvalue weighted by Crippen LogP contribution is -2.37. The number of oxime groups is 1. The van der Waals surface area contributed by atoms with Crippen LogP contribution in [0.4, 0.5) is 0 Å². The van der Waals surface area contributed by atoms with Gasteiger partial charge in [0.1, 0.15) is 5.84 Å². The maximum Gasteiger partial charge on any atom is 0.232 e. The van der Waals surface area contributed by atoms with E-state index in [2.05, 4.69) is 5.16 Å². The number of amides is 1. The summed E-state index contributed by atoms with van der Waals surface area (Å²) in [6.45, 7) is 2.27. The first-order valence-electron chi connectivity index (χ1n) is 4.23. The van der Waals surface area contributed by atoms with Crippen LogP contribution in [0.1, 0.15) is 6.92 Å². The van der Waals surface area contributed by atoms with E-state index in [-0.39, 0.29) is 17.7 Å². The number of carbonyl (C=O) groups is 1. The molecule has 14 heavy (non-hydrogen) atoms. The van der Waals surface area contributed by atoms with Crippen LogP contribution in [0.2, 0.25) is 0 Å². The average molecular weight is 219 g/mol. The second kappa shape index (κ2) is 6.53. The zero-order chi connectivity index (χ0) is 11.1. The van der Waals surface area contributed by atoms with Crippen molar-refractivity contribution in [3.63, 3.8) is 0 Å². The fourth-order valence-corrected chi connectivity index (χ4v) is 1.41. The van der Waals surface area contributed by atoms with Crippen molar-refractivity contribution >= 4 is 23.5 Å². The lowest BCUT2D eigenvalue weighted by molar-refractivity contribution is -0.127. The summed E-state index contributed by atoms with van der Waals surface area (Å²) in [6.07, 6.45) is 1.87. The van der Waals surface area contributed by atoms with E-state index in [0.717, 1.165) is 0 Å². The van der Waals surface area contributed by atoms with Crippen molar-refractivity contribution in [1.29, 1.82) is 0 Å². The van der Waals surface area contributed by atoms with Crippen LogP contribution in [0.5, 0.6) is 0 Å². The quantitative estimate of drug-likeness (QED) is 0.299. The molecular formula is C8H17N3O2S. The maximum absolute atomic E-state index is 11.4. The largest absolute Gasteiger partial charge is 0.409 e. The molecule has 5 nitrogen and oxygen atoms in total. The lowest BCUT2D eigenvalue weighted by atomic mass is 10.1. The Labute approximate surface area is 88.3 Å². The van der Waals surface area contributed by atoms with E-state index in [1.54, 1.807) is 18.9 Å². The number of hydrogen-bond acceptors (Lipinski definition) is 4. The van der Waals surface area contributed by atoms with Crippen molar-refractivity contribution in [3.8, 4) is 0 Å². The summed E-state index contributed by atoms with van der Waals surface area (Å²) in [5.41, 5.74) is 5.40. The fraction of sp³-hybridized carbons (Fsp3) is 0.750. The fourth-order valence-electron chi connectivity index (χ4n) is 0.938. The minimum atomic E-state index is -0.129. The molecule has 0 fully saturated rings. The number of carbonyl (C=O) groups excluding carboxylic acids is 1. The zero-order valence-electron chi connectivity index (χ0n) is 8.73. The normalized spacial score (nSPS) is 13.8. The van der Waals surface area contributed by atoms with E-state index in [0.29, 0.717) is 12.3 Å². The van der Waals surface area contributed by atoms with Gasteiger partial charge in [-0.15, -0.1) is 0 Å². The summed E-state index contributed by atoms with van der Waals surface area (Å²) in [4.78, 5) is 12.9. The molecule has 0 heterocycles. The number of nitrogens with zero attached hydrogens (tertiary/aromatic N) is 2. The number of nitrogens with two attached hydrogens (primary N) is 1. The van der Waals surface area contributed by atoms with Crippen molar-refractivity contribution in [2.45, 2.75) is 6.92 Å². The predicted octanol–water partition coefficient (Wildman–Crippen LogP) is 0.190. The Morgan fingerprint density at radius 1 is 1.71 bits per heavy atom. The Morgan fingerprint density at radius 3 is 2.71 bits per heavy atom. The first-order valence-corrected chi connectivity index (χ1v) is 5.62. The third-order valence-electron chi connectivity index (χ3n) is 1.86. The van der Waals surface area contributed by atoms with E-state index >= 15 is 0 Å². The first-order chi connectivity index (χ1) is 6.52. The number of hydrogen-bond donors (Lipinski definition) is 2. The van der Waals surface area contributed by atoms with Crippen molar-refractivity contribution in [2.75, 3.05) is 25.6 Å². The molecule has 1 atom stereocenters. The third kappa shape index (κ3) is 4.36. The van der Waals surface area contributed by atoms with Gasteiger partial charge in [0, 0.05) is 19.5 Å².